The van der Waals surface area contributed by atoms with Gasteiger partial charge >= 0.3 is 6.18 Å². The third-order valence-electron chi connectivity index (χ3n) is 1.89. The molecule has 0 spiro atoms. The van der Waals surface area contributed by atoms with Gasteiger partial charge in [0.25, 0.3) is 17.6 Å². The third-order valence-corrected chi connectivity index (χ3v) is 1.89. The predicted molar refractivity (Wildman–Crippen MR) is 45.3 cm³/mol. The maximum atomic E-state index is 12.5. The normalized spacial score (nSPS) is 15.6. The standard InChI is InChI=1S/C7H9F3N4O2/c1-6(11,7(8,9)10)5-13-3(14-16-5)4(15)12-2/h11H2,1-2H3,(H,12,15). The topological polar surface area (TPSA) is 94.0 Å². The zero-order valence-electron chi connectivity index (χ0n) is 8.42. The summed E-state index contributed by atoms with van der Waals surface area (Å²) in [6.45, 7) is 0.675. The quantitative estimate of drug-likeness (QED) is 0.765. The molecular weight excluding hydrogens is 229 g/mol. The Morgan fingerprint density at radius 1 is 1.50 bits per heavy atom. The SMILES string of the molecule is CNC(=O)c1noc(C(C)(N)C(F)(F)F)n1. The highest BCUT2D eigenvalue weighted by Gasteiger charge is 2.53. The molecule has 0 bridgehead atoms. The van der Waals surface area contributed by atoms with Gasteiger partial charge in [-0.1, -0.05) is 5.16 Å². The second-order valence-electron chi connectivity index (χ2n) is 3.20. The van der Waals surface area contributed by atoms with Gasteiger partial charge in [-0.2, -0.15) is 18.2 Å². The van der Waals surface area contributed by atoms with Crippen LogP contribution in [-0.2, 0) is 5.54 Å². The second-order valence-corrected chi connectivity index (χ2v) is 3.20. The first-order valence-corrected chi connectivity index (χ1v) is 4.12. The van der Waals surface area contributed by atoms with Gasteiger partial charge in [0.1, 0.15) is 0 Å². The Morgan fingerprint density at radius 3 is 2.50 bits per heavy atom. The minimum Gasteiger partial charge on any atom is -0.352 e. The Labute approximate surface area is 88.0 Å². The van der Waals surface area contributed by atoms with Crippen LogP contribution in [0.3, 0.4) is 0 Å². The van der Waals surface area contributed by atoms with Crippen molar-refractivity contribution in [2.45, 2.75) is 18.6 Å². The van der Waals surface area contributed by atoms with E-state index in [1.165, 1.54) is 7.05 Å². The third kappa shape index (κ3) is 1.98. The van der Waals surface area contributed by atoms with Crippen LogP contribution in [0.5, 0.6) is 0 Å². The molecule has 0 aromatic carbocycles. The van der Waals surface area contributed by atoms with Crippen LogP contribution in [0.2, 0.25) is 0 Å². The van der Waals surface area contributed by atoms with Crippen molar-refractivity contribution in [2.24, 2.45) is 5.73 Å². The lowest BCUT2D eigenvalue weighted by Crippen LogP contribution is -2.48. The summed E-state index contributed by atoms with van der Waals surface area (Å²) in [4.78, 5) is 14.3. The molecule has 90 valence electrons. The van der Waals surface area contributed by atoms with E-state index in [1.807, 2.05) is 0 Å². The molecule has 16 heavy (non-hydrogen) atoms. The van der Waals surface area contributed by atoms with Gasteiger partial charge in [0.2, 0.25) is 0 Å². The molecule has 0 aliphatic rings. The average molecular weight is 238 g/mol. The van der Waals surface area contributed by atoms with E-state index in [2.05, 4.69) is 20.0 Å². The molecule has 1 atom stereocenters. The number of halogens is 3. The molecule has 0 aliphatic carbocycles. The summed E-state index contributed by atoms with van der Waals surface area (Å²) < 4.78 is 41.7. The molecule has 1 aromatic heterocycles. The van der Waals surface area contributed by atoms with Gasteiger partial charge in [-0.25, -0.2) is 0 Å². The van der Waals surface area contributed by atoms with E-state index in [0.29, 0.717) is 6.92 Å². The highest BCUT2D eigenvalue weighted by molar-refractivity contribution is 5.89. The van der Waals surface area contributed by atoms with Crippen LogP contribution in [0.4, 0.5) is 13.2 Å². The molecule has 1 unspecified atom stereocenters. The lowest BCUT2D eigenvalue weighted by molar-refractivity contribution is -0.190. The van der Waals surface area contributed by atoms with E-state index in [4.69, 9.17) is 5.73 Å². The Kier molecular flexibility index (Phi) is 2.91. The fourth-order valence-electron chi connectivity index (χ4n) is 0.760. The van der Waals surface area contributed by atoms with Crippen LogP contribution in [0.15, 0.2) is 4.52 Å². The fraction of sp³-hybridized carbons (Fsp3) is 0.571. The highest BCUT2D eigenvalue weighted by atomic mass is 19.4. The number of nitrogens with two attached hydrogens (primary N) is 1. The van der Waals surface area contributed by atoms with E-state index in [0.717, 1.165) is 0 Å². The van der Waals surface area contributed by atoms with E-state index < -0.39 is 29.3 Å². The van der Waals surface area contributed by atoms with Crippen LogP contribution in [-0.4, -0.2) is 29.3 Å². The Bertz CT molecular complexity index is 399. The van der Waals surface area contributed by atoms with Crippen LogP contribution in [0, 0.1) is 0 Å². The number of amides is 1. The largest absolute Gasteiger partial charge is 0.415 e. The maximum Gasteiger partial charge on any atom is 0.415 e. The first-order chi connectivity index (χ1) is 7.20. The number of carbonyl (C=O) groups is 1. The molecule has 3 N–H and O–H groups in total. The van der Waals surface area contributed by atoms with Crippen molar-refractivity contribution in [1.82, 2.24) is 15.5 Å². The monoisotopic (exact) mass is 238 g/mol. The number of hydrogen-bond acceptors (Lipinski definition) is 5. The van der Waals surface area contributed by atoms with Crippen molar-refractivity contribution < 1.29 is 22.5 Å². The summed E-state index contributed by atoms with van der Waals surface area (Å²) >= 11 is 0. The van der Waals surface area contributed by atoms with E-state index >= 15 is 0 Å². The van der Waals surface area contributed by atoms with Gasteiger partial charge in [-0.3, -0.25) is 4.79 Å². The van der Waals surface area contributed by atoms with Crippen molar-refractivity contribution in [3.63, 3.8) is 0 Å². The number of alkyl halides is 3. The molecule has 1 amide bonds. The summed E-state index contributed by atoms with van der Waals surface area (Å²) in [6.07, 6.45) is -4.75. The number of carbonyl (C=O) groups excluding carboxylic acids is 1. The lowest BCUT2D eigenvalue weighted by Gasteiger charge is -2.22. The van der Waals surface area contributed by atoms with Gasteiger partial charge < -0.3 is 15.6 Å². The van der Waals surface area contributed by atoms with Crippen LogP contribution in [0.1, 0.15) is 23.4 Å². The molecular formula is C7H9F3N4O2. The number of rotatable bonds is 2. The summed E-state index contributed by atoms with van der Waals surface area (Å²) in [5.41, 5.74) is 2.23. The minimum atomic E-state index is -4.75. The van der Waals surface area contributed by atoms with Crippen molar-refractivity contribution in [1.29, 1.82) is 0 Å². The van der Waals surface area contributed by atoms with Crippen molar-refractivity contribution in [2.75, 3.05) is 7.05 Å². The maximum absolute atomic E-state index is 12.5. The molecule has 1 heterocycles. The summed E-state index contributed by atoms with van der Waals surface area (Å²) in [7, 11) is 1.28. The van der Waals surface area contributed by atoms with E-state index in [9.17, 15) is 18.0 Å². The molecule has 0 saturated heterocycles. The average Bonchev–Trinajstić information content (AvgIpc) is 2.64. The molecule has 6 nitrogen and oxygen atoms in total. The number of hydrogen-bond donors (Lipinski definition) is 2. The Hall–Kier alpha value is -1.64. The lowest BCUT2D eigenvalue weighted by atomic mass is 10.0. The summed E-state index contributed by atoms with van der Waals surface area (Å²) in [6, 6.07) is 0. The van der Waals surface area contributed by atoms with Crippen LogP contribution in [0.25, 0.3) is 0 Å². The molecule has 1 aromatic rings. The number of nitrogens with zero attached hydrogens (tertiary/aromatic N) is 2. The zero-order valence-corrected chi connectivity index (χ0v) is 8.42. The van der Waals surface area contributed by atoms with Gasteiger partial charge in [0.15, 0.2) is 5.54 Å². The van der Waals surface area contributed by atoms with E-state index in [-0.39, 0.29) is 0 Å². The molecule has 0 aliphatic heterocycles. The second kappa shape index (κ2) is 3.74. The molecule has 0 radical (unpaired) electrons. The van der Waals surface area contributed by atoms with Crippen LogP contribution >= 0.6 is 0 Å². The Balaban J connectivity index is 3.07. The Morgan fingerprint density at radius 2 is 2.06 bits per heavy atom. The summed E-state index contributed by atoms with van der Waals surface area (Å²) in [5, 5.41) is 5.23. The molecule has 0 fully saturated rings. The molecule has 0 saturated carbocycles. The predicted octanol–water partition coefficient (Wildman–Crippen LogP) is 0.165. The van der Waals surface area contributed by atoms with Gasteiger partial charge in [-0.15, -0.1) is 0 Å². The minimum absolute atomic E-state index is 0.501. The van der Waals surface area contributed by atoms with Crippen LogP contribution < -0.4 is 11.1 Å². The smallest absolute Gasteiger partial charge is 0.352 e. The van der Waals surface area contributed by atoms with E-state index in [1.54, 1.807) is 0 Å². The first-order valence-electron chi connectivity index (χ1n) is 4.12. The van der Waals surface area contributed by atoms with Crippen molar-refractivity contribution >= 4 is 5.91 Å². The first kappa shape index (κ1) is 12.4. The van der Waals surface area contributed by atoms with Crippen molar-refractivity contribution in [3.8, 4) is 0 Å². The highest BCUT2D eigenvalue weighted by Crippen LogP contribution is 2.35. The van der Waals surface area contributed by atoms with Crippen molar-refractivity contribution in [3.05, 3.63) is 11.7 Å². The molecule has 9 heteroatoms. The van der Waals surface area contributed by atoms with Gasteiger partial charge in [0.05, 0.1) is 0 Å². The summed E-state index contributed by atoms with van der Waals surface area (Å²) in [5.74, 6) is -2.12. The zero-order chi connectivity index (χ0) is 12.6. The fourth-order valence-corrected chi connectivity index (χ4v) is 0.760. The number of aromatic nitrogens is 2. The number of nitrogens with one attached hydrogen (secondary N) is 1. The van der Waals surface area contributed by atoms with Gasteiger partial charge in [-0.05, 0) is 6.92 Å². The van der Waals surface area contributed by atoms with Gasteiger partial charge in [0, 0.05) is 7.05 Å². The molecule has 1 rings (SSSR count).